The number of benzene rings is 1. The second kappa shape index (κ2) is 6.05. The summed E-state index contributed by atoms with van der Waals surface area (Å²) in [4.78, 5) is 2.44. The molecule has 1 N–H and O–H groups in total. The molecule has 0 aromatic heterocycles. The van der Waals surface area contributed by atoms with Crippen LogP contribution in [0, 0.1) is 0 Å². The van der Waals surface area contributed by atoms with E-state index in [1.165, 1.54) is 23.2 Å². The minimum atomic E-state index is 0.475. The molecule has 2 heteroatoms. The maximum Gasteiger partial charge on any atom is 0.0369 e. The SMILES string of the molecule is CCC(NC)c1ccc(N2CC=C(C)CC2)cc1. The Kier molecular flexibility index (Phi) is 4.43. The molecule has 0 radical (unpaired) electrons. The zero-order valence-electron chi connectivity index (χ0n) is 11.7. The van der Waals surface area contributed by atoms with Gasteiger partial charge >= 0.3 is 0 Å². The van der Waals surface area contributed by atoms with E-state index < -0.39 is 0 Å². The van der Waals surface area contributed by atoms with E-state index in [1.54, 1.807) is 0 Å². The van der Waals surface area contributed by atoms with E-state index in [-0.39, 0.29) is 0 Å². The summed E-state index contributed by atoms with van der Waals surface area (Å²) in [7, 11) is 2.03. The summed E-state index contributed by atoms with van der Waals surface area (Å²) in [6, 6.07) is 9.49. The van der Waals surface area contributed by atoms with Crippen LogP contribution in [0.3, 0.4) is 0 Å². The predicted octanol–water partition coefficient (Wildman–Crippen LogP) is 3.51. The molecule has 1 aliphatic heterocycles. The van der Waals surface area contributed by atoms with Crippen molar-refractivity contribution in [2.24, 2.45) is 0 Å². The normalized spacial score (nSPS) is 17.5. The average molecular weight is 244 g/mol. The number of nitrogens with one attached hydrogen (secondary N) is 1. The maximum absolute atomic E-state index is 3.35. The van der Waals surface area contributed by atoms with Gasteiger partial charge in [-0.15, -0.1) is 0 Å². The maximum atomic E-state index is 3.35. The standard InChI is InChI=1S/C16H24N2/c1-4-16(17-3)14-5-7-15(8-6-14)18-11-9-13(2)10-12-18/h5-9,16-17H,4,10-12H2,1-3H3. The molecule has 1 unspecified atom stereocenters. The quantitative estimate of drug-likeness (QED) is 0.815. The van der Waals surface area contributed by atoms with Crippen molar-refractivity contribution in [1.82, 2.24) is 5.32 Å². The van der Waals surface area contributed by atoms with Gasteiger partial charge < -0.3 is 10.2 Å². The fourth-order valence-electron chi connectivity index (χ4n) is 2.53. The first kappa shape index (κ1) is 13.2. The molecule has 0 bridgehead atoms. The van der Waals surface area contributed by atoms with Gasteiger partial charge in [0.25, 0.3) is 0 Å². The Morgan fingerprint density at radius 3 is 2.50 bits per heavy atom. The lowest BCUT2D eigenvalue weighted by Gasteiger charge is -2.28. The van der Waals surface area contributed by atoms with Crippen LogP contribution in [0.15, 0.2) is 35.9 Å². The summed E-state index contributed by atoms with van der Waals surface area (Å²) in [5, 5.41) is 3.35. The molecule has 1 aliphatic rings. The van der Waals surface area contributed by atoms with Crippen LogP contribution in [0.4, 0.5) is 5.69 Å². The van der Waals surface area contributed by atoms with Crippen molar-refractivity contribution in [3.05, 3.63) is 41.5 Å². The Balaban J connectivity index is 2.08. The van der Waals surface area contributed by atoms with Gasteiger partial charge in [-0.2, -0.15) is 0 Å². The molecule has 0 saturated heterocycles. The van der Waals surface area contributed by atoms with E-state index in [9.17, 15) is 0 Å². The molecular formula is C16H24N2. The van der Waals surface area contributed by atoms with E-state index in [0.29, 0.717) is 6.04 Å². The number of nitrogens with zero attached hydrogens (tertiary/aromatic N) is 1. The summed E-state index contributed by atoms with van der Waals surface area (Å²) >= 11 is 0. The molecule has 1 heterocycles. The van der Waals surface area contributed by atoms with Crippen LogP contribution >= 0.6 is 0 Å². The summed E-state index contributed by atoms with van der Waals surface area (Å²) in [5.41, 5.74) is 4.24. The van der Waals surface area contributed by atoms with Crippen molar-refractivity contribution in [1.29, 1.82) is 0 Å². The third kappa shape index (κ3) is 2.94. The predicted molar refractivity (Wildman–Crippen MR) is 79.1 cm³/mol. The highest BCUT2D eigenvalue weighted by Crippen LogP contribution is 2.23. The van der Waals surface area contributed by atoms with Gasteiger partial charge in [0.15, 0.2) is 0 Å². The van der Waals surface area contributed by atoms with Crippen LogP contribution in [-0.4, -0.2) is 20.1 Å². The van der Waals surface area contributed by atoms with Gasteiger partial charge in [0, 0.05) is 24.8 Å². The van der Waals surface area contributed by atoms with Crippen LogP contribution in [0.1, 0.15) is 38.3 Å². The van der Waals surface area contributed by atoms with Crippen LogP contribution in [0.2, 0.25) is 0 Å². The first-order valence-electron chi connectivity index (χ1n) is 6.92. The molecule has 1 atom stereocenters. The molecular weight excluding hydrogens is 220 g/mol. The zero-order chi connectivity index (χ0) is 13.0. The van der Waals surface area contributed by atoms with Crippen molar-refractivity contribution in [3.63, 3.8) is 0 Å². The fourth-order valence-corrected chi connectivity index (χ4v) is 2.53. The van der Waals surface area contributed by atoms with Gasteiger partial charge in [-0.25, -0.2) is 0 Å². The molecule has 2 nitrogen and oxygen atoms in total. The molecule has 18 heavy (non-hydrogen) atoms. The van der Waals surface area contributed by atoms with E-state index in [4.69, 9.17) is 0 Å². The minimum Gasteiger partial charge on any atom is -0.367 e. The monoisotopic (exact) mass is 244 g/mol. The Morgan fingerprint density at radius 1 is 1.28 bits per heavy atom. The highest BCUT2D eigenvalue weighted by atomic mass is 15.1. The van der Waals surface area contributed by atoms with Gasteiger partial charge in [0.1, 0.15) is 0 Å². The van der Waals surface area contributed by atoms with E-state index >= 15 is 0 Å². The van der Waals surface area contributed by atoms with Gasteiger partial charge in [-0.3, -0.25) is 0 Å². The van der Waals surface area contributed by atoms with E-state index in [2.05, 4.69) is 54.4 Å². The third-order valence-corrected chi connectivity index (χ3v) is 3.85. The third-order valence-electron chi connectivity index (χ3n) is 3.85. The largest absolute Gasteiger partial charge is 0.367 e. The van der Waals surface area contributed by atoms with Crippen molar-refractivity contribution < 1.29 is 0 Å². The number of rotatable bonds is 4. The fraction of sp³-hybridized carbons (Fsp3) is 0.500. The minimum absolute atomic E-state index is 0.475. The van der Waals surface area contributed by atoms with Crippen LogP contribution in [-0.2, 0) is 0 Å². The second-order valence-corrected chi connectivity index (χ2v) is 5.09. The van der Waals surface area contributed by atoms with Crippen LogP contribution in [0.5, 0.6) is 0 Å². The van der Waals surface area contributed by atoms with Crippen LogP contribution < -0.4 is 10.2 Å². The van der Waals surface area contributed by atoms with Gasteiger partial charge in [-0.05, 0) is 44.5 Å². The van der Waals surface area contributed by atoms with Gasteiger partial charge in [-0.1, -0.05) is 30.7 Å². The Hall–Kier alpha value is -1.28. The molecule has 1 aromatic rings. The van der Waals surface area contributed by atoms with Crippen molar-refractivity contribution in [2.45, 2.75) is 32.7 Å². The highest BCUT2D eigenvalue weighted by molar-refractivity contribution is 5.49. The Labute approximate surface area is 111 Å². The van der Waals surface area contributed by atoms with Gasteiger partial charge in [0.05, 0.1) is 0 Å². The second-order valence-electron chi connectivity index (χ2n) is 5.09. The molecule has 0 fully saturated rings. The number of anilines is 1. The van der Waals surface area contributed by atoms with E-state index in [1.807, 2.05) is 7.05 Å². The molecule has 2 rings (SSSR count). The highest BCUT2D eigenvalue weighted by Gasteiger charge is 2.11. The molecule has 0 spiro atoms. The summed E-state index contributed by atoms with van der Waals surface area (Å²) in [6.07, 6.45) is 4.65. The Morgan fingerprint density at radius 2 is 2.00 bits per heavy atom. The molecule has 0 aliphatic carbocycles. The van der Waals surface area contributed by atoms with Crippen molar-refractivity contribution in [2.75, 3.05) is 25.0 Å². The first-order chi connectivity index (χ1) is 8.74. The lowest BCUT2D eigenvalue weighted by atomic mass is 10.0. The first-order valence-corrected chi connectivity index (χ1v) is 6.92. The lowest BCUT2D eigenvalue weighted by Crippen LogP contribution is -2.28. The number of hydrogen-bond donors (Lipinski definition) is 1. The number of hydrogen-bond acceptors (Lipinski definition) is 2. The van der Waals surface area contributed by atoms with Crippen molar-refractivity contribution >= 4 is 5.69 Å². The summed E-state index contributed by atoms with van der Waals surface area (Å²) in [5.74, 6) is 0. The van der Waals surface area contributed by atoms with Crippen molar-refractivity contribution in [3.8, 4) is 0 Å². The smallest absolute Gasteiger partial charge is 0.0369 e. The zero-order valence-corrected chi connectivity index (χ0v) is 11.7. The molecule has 0 saturated carbocycles. The topological polar surface area (TPSA) is 15.3 Å². The summed E-state index contributed by atoms with van der Waals surface area (Å²) in [6.45, 7) is 6.63. The average Bonchev–Trinajstić information content (AvgIpc) is 2.42. The van der Waals surface area contributed by atoms with E-state index in [0.717, 1.165) is 19.5 Å². The summed E-state index contributed by atoms with van der Waals surface area (Å²) < 4.78 is 0. The van der Waals surface area contributed by atoms with Crippen LogP contribution in [0.25, 0.3) is 0 Å². The molecule has 0 amide bonds. The van der Waals surface area contributed by atoms with Gasteiger partial charge in [0.2, 0.25) is 0 Å². The Bertz CT molecular complexity index is 402. The molecule has 98 valence electrons. The lowest BCUT2D eigenvalue weighted by molar-refractivity contribution is 0.577. The molecule has 1 aromatic carbocycles.